The quantitative estimate of drug-likeness (QED) is 0.893. The van der Waals surface area contributed by atoms with Gasteiger partial charge in [-0.05, 0) is 6.92 Å². The maximum Gasteiger partial charge on any atom is 0.433 e. The Labute approximate surface area is 109 Å². The molecule has 1 aromatic rings. The van der Waals surface area contributed by atoms with Crippen LogP contribution in [0.5, 0.6) is 0 Å². The van der Waals surface area contributed by atoms with Crippen molar-refractivity contribution in [3.63, 3.8) is 0 Å². The second-order valence-electron chi connectivity index (χ2n) is 4.10. The van der Waals surface area contributed by atoms with Crippen molar-refractivity contribution in [3.05, 3.63) is 11.8 Å². The Balaban J connectivity index is 3.13. The molecule has 0 saturated heterocycles. The van der Waals surface area contributed by atoms with Crippen LogP contribution in [0.4, 0.5) is 24.9 Å². The van der Waals surface area contributed by atoms with E-state index in [4.69, 9.17) is 4.74 Å². The normalized spacial score (nSPS) is 13.2. The van der Waals surface area contributed by atoms with Crippen molar-refractivity contribution in [1.29, 1.82) is 0 Å². The molecule has 0 aliphatic carbocycles. The first-order valence-corrected chi connectivity index (χ1v) is 5.65. The van der Waals surface area contributed by atoms with Gasteiger partial charge in [-0.2, -0.15) is 18.2 Å². The first kappa shape index (κ1) is 15.5. The van der Waals surface area contributed by atoms with Gasteiger partial charge < -0.3 is 15.0 Å². The van der Waals surface area contributed by atoms with Crippen molar-refractivity contribution in [2.24, 2.45) is 0 Å². The van der Waals surface area contributed by atoms with E-state index in [-0.39, 0.29) is 17.8 Å². The molecule has 1 N–H and O–H groups in total. The smallest absolute Gasteiger partial charge is 0.383 e. The van der Waals surface area contributed by atoms with Gasteiger partial charge in [0.25, 0.3) is 0 Å². The number of ether oxygens (including phenoxy) is 1. The fourth-order valence-electron chi connectivity index (χ4n) is 1.45. The molecular formula is C11H17F3N4O. The number of aromatic nitrogens is 2. The maximum absolute atomic E-state index is 12.7. The molecule has 0 saturated carbocycles. The molecule has 0 amide bonds. The van der Waals surface area contributed by atoms with E-state index in [2.05, 4.69) is 15.3 Å². The molecule has 0 aliphatic rings. The number of nitrogens with one attached hydrogen (secondary N) is 1. The van der Waals surface area contributed by atoms with Crippen LogP contribution in [0.1, 0.15) is 12.6 Å². The summed E-state index contributed by atoms with van der Waals surface area (Å²) in [7, 11) is 4.66. The predicted octanol–water partition coefficient (Wildman–Crippen LogP) is 2.01. The van der Waals surface area contributed by atoms with E-state index in [1.165, 1.54) is 14.2 Å². The lowest BCUT2D eigenvalue weighted by atomic mass is 10.3. The Morgan fingerprint density at radius 1 is 1.42 bits per heavy atom. The molecule has 108 valence electrons. The molecule has 0 fully saturated rings. The van der Waals surface area contributed by atoms with Crippen LogP contribution < -0.4 is 10.2 Å². The number of halogens is 3. The highest BCUT2D eigenvalue weighted by molar-refractivity contribution is 5.45. The van der Waals surface area contributed by atoms with Crippen LogP contribution in [0.25, 0.3) is 0 Å². The SMILES string of the molecule is CNc1nc(N(C)C(C)COC)cc(C(F)(F)F)n1. The Bertz CT molecular complexity index is 425. The van der Waals surface area contributed by atoms with Gasteiger partial charge in [0.2, 0.25) is 5.95 Å². The third kappa shape index (κ3) is 3.95. The van der Waals surface area contributed by atoms with Gasteiger partial charge in [0.15, 0.2) is 5.69 Å². The summed E-state index contributed by atoms with van der Waals surface area (Å²) in [6.07, 6.45) is -4.51. The highest BCUT2D eigenvalue weighted by Crippen LogP contribution is 2.30. The third-order valence-electron chi connectivity index (χ3n) is 2.66. The number of hydrogen-bond donors (Lipinski definition) is 1. The van der Waals surface area contributed by atoms with Crippen molar-refractivity contribution in [2.75, 3.05) is 38.0 Å². The standard InChI is InChI=1S/C11H17F3N4O/c1-7(6-19-4)18(3)9-5-8(11(12,13)14)16-10(15-2)17-9/h5,7H,6H2,1-4H3,(H,15,16,17). The van der Waals surface area contributed by atoms with E-state index in [0.29, 0.717) is 6.61 Å². The monoisotopic (exact) mass is 278 g/mol. The van der Waals surface area contributed by atoms with Crippen LogP contribution in [-0.4, -0.2) is 43.8 Å². The summed E-state index contributed by atoms with van der Waals surface area (Å²) in [5.74, 6) is 0.123. The van der Waals surface area contributed by atoms with Crippen LogP contribution in [0, 0.1) is 0 Å². The van der Waals surface area contributed by atoms with Crippen LogP contribution in [-0.2, 0) is 10.9 Å². The van der Waals surface area contributed by atoms with Gasteiger partial charge in [0, 0.05) is 27.3 Å². The molecule has 1 heterocycles. The predicted molar refractivity (Wildman–Crippen MR) is 66.3 cm³/mol. The van der Waals surface area contributed by atoms with E-state index in [0.717, 1.165) is 6.07 Å². The molecular weight excluding hydrogens is 261 g/mol. The summed E-state index contributed by atoms with van der Waals surface area (Å²) in [4.78, 5) is 9.03. The Kier molecular flexibility index (Phi) is 4.93. The third-order valence-corrected chi connectivity index (χ3v) is 2.66. The molecule has 0 aliphatic heterocycles. The van der Waals surface area contributed by atoms with Gasteiger partial charge in [-0.25, -0.2) is 4.98 Å². The minimum atomic E-state index is -4.51. The van der Waals surface area contributed by atoms with Gasteiger partial charge in [0.05, 0.1) is 12.6 Å². The van der Waals surface area contributed by atoms with Gasteiger partial charge in [-0.1, -0.05) is 0 Å². The van der Waals surface area contributed by atoms with Crippen molar-refractivity contribution in [3.8, 4) is 0 Å². The minimum Gasteiger partial charge on any atom is -0.383 e. The van der Waals surface area contributed by atoms with Crippen LogP contribution in [0.2, 0.25) is 0 Å². The highest BCUT2D eigenvalue weighted by Gasteiger charge is 2.34. The van der Waals surface area contributed by atoms with E-state index >= 15 is 0 Å². The molecule has 0 spiro atoms. The number of rotatable bonds is 5. The van der Waals surface area contributed by atoms with Gasteiger partial charge >= 0.3 is 6.18 Å². The molecule has 1 atom stereocenters. The Hall–Kier alpha value is -1.57. The lowest BCUT2D eigenvalue weighted by molar-refractivity contribution is -0.141. The molecule has 1 aromatic heterocycles. The summed E-state index contributed by atoms with van der Waals surface area (Å²) in [6, 6.07) is 0.818. The second-order valence-corrected chi connectivity index (χ2v) is 4.10. The summed E-state index contributed by atoms with van der Waals surface area (Å²) in [5, 5.41) is 2.53. The van der Waals surface area contributed by atoms with Crippen LogP contribution in [0.15, 0.2) is 6.07 Å². The summed E-state index contributed by atoms with van der Waals surface area (Å²) in [5.41, 5.74) is -0.974. The largest absolute Gasteiger partial charge is 0.433 e. The summed E-state index contributed by atoms with van der Waals surface area (Å²) < 4.78 is 43.2. The number of methoxy groups -OCH3 is 1. The topological polar surface area (TPSA) is 50.3 Å². The van der Waals surface area contributed by atoms with Crippen molar-refractivity contribution >= 4 is 11.8 Å². The van der Waals surface area contributed by atoms with Gasteiger partial charge in [-0.15, -0.1) is 0 Å². The zero-order chi connectivity index (χ0) is 14.6. The average molecular weight is 278 g/mol. The molecule has 0 bridgehead atoms. The molecule has 5 nitrogen and oxygen atoms in total. The van der Waals surface area contributed by atoms with E-state index in [1.54, 1.807) is 11.9 Å². The van der Waals surface area contributed by atoms with Gasteiger partial charge in [0.1, 0.15) is 5.82 Å². The van der Waals surface area contributed by atoms with E-state index in [1.807, 2.05) is 6.92 Å². The van der Waals surface area contributed by atoms with Crippen LogP contribution in [0.3, 0.4) is 0 Å². The number of nitrogens with zero attached hydrogens (tertiary/aromatic N) is 3. The molecule has 1 rings (SSSR count). The molecule has 8 heteroatoms. The fourth-order valence-corrected chi connectivity index (χ4v) is 1.45. The highest BCUT2D eigenvalue weighted by atomic mass is 19.4. The molecule has 1 unspecified atom stereocenters. The van der Waals surface area contributed by atoms with Crippen molar-refractivity contribution < 1.29 is 17.9 Å². The van der Waals surface area contributed by atoms with E-state index < -0.39 is 11.9 Å². The van der Waals surface area contributed by atoms with Crippen molar-refractivity contribution in [2.45, 2.75) is 19.1 Å². The van der Waals surface area contributed by atoms with E-state index in [9.17, 15) is 13.2 Å². The second kappa shape index (κ2) is 6.05. The molecule has 0 aromatic carbocycles. The Morgan fingerprint density at radius 2 is 2.05 bits per heavy atom. The fraction of sp³-hybridized carbons (Fsp3) is 0.636. The maximum atomic E-state index is 12.7. The zero-order valence-corrected chi connectivity index (χ0v) is 11.2. The number of hydrogen-bond acceptors (Lipinski definition) is 5. The number of alkyl halides is 3. The molecule has 0 radical (unpaired) electrons. The average Bonchev–Trinajstić information content (AvgIpc) is 2.36. The van der Waals surface area contributed by atoms with Crippen LogP contribution >= 0.6 is 0 Å². The lowest BCUT2D eigenvalue weighted by Gasteiger charge is -2.26. The number of anilines is 2. The first-order chi connectivity index (χ1) is 8.79. The van der Waals surface area contributed by atoms with Gasteiger partial charge in [-0.3, -0.25) is 0 Å². The Morgan fingerprint density at radius 3 is 2.53 bits per heavy atom. The molecule has 19 heavy (non-hydrogen) atoms. The zero-order valence-electron chi connectivity index (χ0n) is 11.2. The lowest BCUT2D eigenvalue weighted by Crippen LogP contribution is -2.33. The summed E-state index contributed by atoms with van der Waals surface area (Å²) >= 11 is 0. The first-order valence-electron chi connectivity index (χ1n) is 5.65. The summed E-state index contributed by atoms with van der Waals surface area (Å²) in [6.45, 7) is 2.22. The van der Waals surface area contributed by atoms with Crippen molar-refractivity contribution in [1.82, 2.24) is 9.97 Å². The number of likely N-dealkylation sites (N-methyl/N-ethyl adjacent to an activating group) is 1. The minimum absolute atomic E-state index is 0.0682.